The van der Waals surface area contributed by atoms with E-state index in [-0.39, 0.29) is 0 Å². The molecule has 0 amide bonds. The summed E-state index contributed by atoms with van der Waals surface area (Å²) in [4.78, 5) is 1.99. The summed E-state index contributed by atoms with van der Waals surface area (Å²) >= 11 is 0. The van der Waals surface area contributed by atoms with Gasteiger partial charge in [-0.25, -0.2) is 8.78 Å². The van der Waals surface area contributed by atoms with Gasteiger partial charge in [-0.05, 0) is 19.1 Å². The number of nitrogens with zero attached hydrogens (tertiary/aromatic N) is 1. The van der Waals surface area contributed by atoms with E-state index in [0.29, 0.717) is 11.7 Å². The molecule has 4 heteroatoms. The van der Waals surface area contributed by atoms with E-state index in [1.807, 2.05) is 4.90 Å². The number of benzene rings is 1. The minimum atomic E-state index is -0.517. The van der Waals surface area contributed by atoms with E-state index in [1.165, 1.54) is 12.1 Å². The van der Waals surface area contributed by atoms with Crippen LogP contribution in [0.15, 0.2) is 18.2 Å². The molecule has 1 atom stereocenters. The first kappa shape index (κ1) is 10.4. The van der Waals surface area contributed by atoms with Crippen LogP contribution in [0.1, 0.15) is 6.92 Å². The number of rotatable bonds is 1. The zero-order chi connectivity index (χ0) is 10.8. The van der Waals surface area contributed by atoms with Gasteiger partial charge in [0.15, 0.2) is 0 Å². The Morgan fingerprint density at radius 3 is 2.53 bits per heavy atom. The van der Waals surface area contributed by atoms with Gasteiger partial charge in [-0.15, -0.1) is 0 Å². The smallest absolute Gasteiger partial charge is 0.128 e. The van der Waals surface area contributed by atoms with E-state index in [2.05, 4.69) is 12.2 Å². The molecule has 1 N–H and O–H groups in total. The lowest BCUT2D eigenvalue weighted by Gasteiger charge is -2.33. The first-order valence-corrected chi connectivity index (χ1v) is 5.09. The number of hydrogen-bond donors (Lipinski definition) is 1. The number of halogens is 2. The lowest BCUT2D eigenvalue weighted by atomic mass is 10.2. The highest BCUT2D eigenvalue weighted by atomic mass is 19.1. The fraction of sp³-hybridized carbons (Fsp3) is 0.455. The van der Waals surface area contributed by atoms with Crippen molar-refractivity contribution in [3.8, 4) is 0 Å². The number of hydrogen-bond acceptors (Lipinski definition) is 2. The molecule has 0 spiro atoms. The van der Waals surface area contributed by atoms with E-state index in [4.69, 9.17) is 0 Å². The van der Waals surface area contributed by atoms with Crippen LogP contribution in [0.25, 0.3) is 0 Å². The van der Waals surface area contributed by atoms with Gasteiger partial charge in [0, 0.05) is 37.4 Å². The maximum absolute atomic E-state index is 13.0. The summed E-state index contributed by atoms with van der Waals surface area (Å²) in [6.45, 7) is 4.47. The van der Waals surface area contributed by atoms with Crippen molar-refractivity contribution in [2.45, 2.75) is 13.0 Å². The lowest BCUT2D eigenvalue weighted by Crippen LogP contribution is -2.49. The number of piperazine rings is 1. The second kappa shape index (κ2) is 4.14. The molecule has 1 aliphatic heterocycles. The first-order valence-electron chi connectivity index (χ1n) is 5.09. The number of nitrogens with one attached hydrogen (secondary N) is 1. The molecule has 0 saturated carbocycles. The van der Waals surface area contributed by atoms with E-state index >= 15 is 0 Å². The molecule has 0 unspecified atom stereocenters. The Bertz CT molecular complexity index is 334. The Labute approximate surface area is 87.9 Å². The summed E-state index contributed by atoms with van der Waals surface area (Å²) in [5, 5.41) is 3.28. The van der Waals surface area contributed by atoms with Gasteiger partial charge in [-0.2, -0.15) is 0 Å². The first-order chi connectivity index (χ1) is 7.15. The summed E-state index contributed by atoms with van der Waals surface area (Å²) in [6.07, 6.45) is 0. The molecule has 0 bridgehead atoms. The average molecular weight is 212 g/mol. The summed E-state index contributed by atoms with van der Waals surface area (Å²) in [5.41, 5.74) is 0.626. The van der Waals surface area contributed by atoms with Crippen molar-refractivity contribution >= 4 is 5.69 Å². The molecular weight excluding hydrogens is 198 g/mol. The molecule has 1 saturated heterocycles. The largest absolute Gasteiger partial charge is 0.369 e. The second-order valence-electron chi connectivity index (χ2n) is 3.93. The molecule has 15 heavy (non-hydrogen) atoms. The van der Waals surface area contributed by atoms with Gasteiger partial charge < -0.3 is 10.2 Å². The Morgan fingerprint density at radius 2 is 1.93 bits per heavy atom. The summed E-state index contributed by atoms with van der Waals surface area (Å²) in [7, 11) is 0. The Hall–Kier alpha value is -1.16. The molecule has 2 rings (SSSR count). The molecular formula is C11H14F2N2. The van der Waals surface area contributed by atoms with Gasteiger partial charge in [0.05, 0.1) is 0 Å². The zero-order valence-corrected chi connectivity index (χ0v) is 8.63. The maximum Gasteiger partial charge on any atom is 0.128 e. The Balaban J connectivity index is 2.20. The predicted molar refractivity (Wildman–Crippen MR) is 56.0 cm³/mol. The maximum atomic E-state index is 13.0. The molecule has 1 fully saturated rings. The van der Waals surface area contributed by atoms with Crippen LogP contribution in [0, 0.1) is 11.6 Å². The normalized spacial score (nSPS) is 21.8. The summed E-state index contributed by atoms with van der Waals surface area (Å²) in [6, 6.07) is 4.00. The molecule has 0 radical (unpaired) electrons. The van der Waals surface area contributed by atoms with Crippen LogP contribution in [0.3, 0.4) is 0 Å². The van der Waals surface area contributed by atoms with Gasteiger partial charge in [-0.3, -0.25) is 0 Å². The fourth-order valence-corrected chi connectivity index (χ4v) is 1.89. The fourth-order valence-electron chi connectivity index (χ4n) is 1.89. The highest BCUT2D eigenvalue weighted by Crippen LogP contribution is 2.19. The van der Waals surface area contributed by atoms with E-state index in [9.17, 15) is 8.78 Å². The Kier molecular flexibility index (Phi) is 2.86. The van der Waals surface area contributed by atoms with Crippen molar-refractivity contribution in [1.82, 2.24) is 5.32 Å². The van der Waals surface area contributed by atoms with Crippen molar-refractivity contribution in [1.29, 1.82) is 0 Å². The molecule has 1 aromatic carbocycles. The van der Waals surface area contributed by atoms with Gasteiger partial charge in [0.25, 0.3) is 0 Å². The molecule has 1 aromatic rings. The third kappa shape index (κ3) is 2.45. The van der Waals surface area contributed by atoms with Gasteiger partial charge in [0.1, 0.15) is 11.6 Å². The zero-order valence-electron chi connectivity index (χ0n) is 8.63. The van der Waals surface area contributed by atoms with E-state index in [1.54, 1.807) is 0 Å². The number of anilines is 1. The van der Waals surface area contributed by atoms with Gasteiger partial charge in [0.2, 0.25) is 0 Å². The molecule has 1 heterocycles. The monoisotopic (exact) mass is 212 g/mol. The van der Waals surface area contributed by atoms with Crippen LogP contribution in [0.2, 0.25) is 0 Å². The average Bonchev–Trinajstić information content (AvgIpc) is 2.16. The predicted octanol–water partition coefficient (Wildman–Crippen LogP) is 1.76. The van der Waals surface area contributed by atoms with Crippen LogP contribution in [-0.2, 0) is 0 Å². The summed E-state index contributed by atoms with van der Waals surface area (Å²) < 4.78 is 26.0. The Morgan fingerprint density at radius 1 is 1.27 bits per heavy atom. The third-order valence-electron chi connectivity index (χ3n) is 2.58. The molecule has 2 nitrogen and oxygen atoms in total. The topological polar surface area (TPSA) is 15.3 Å². The minimum Gasteiger partial charge on any atom is -0.369 e. The highest BCUT2D eigenvalue weighted by molar-refractivity contribution is 5.47. The second-order valence-corrected chi connectivity index (χ2v) is 3.93. The molecule has 0 aromatic heterocycles. The third-order valence-corrected chi connectivity index (χ3v) is 2.58. The van der Waals surface area contributed by atoms with Crippen molar-refractivity contribution in [3.63, 3.8) is 0 Å². The van der Waals surface area contributed by atoms with Crippen molar-refractivity contribution < 1.29 is 8.78 Å². The quantitative estimate of drug-likeness (QED) is 0.763. The van der Waals surface area contributed by atoms with E-state index in [0.717, 1.165) is 25.7 Å². The van der Waals surface area contributed by atoms with Gasteiger partial charge >= 0.3 is 0 Å². The van der Waals surface area contributed by atoms with Crippen LogP contribution >= 0.6 is 0 Å². The molecule has 82 valence electrons. The summed E-state index contributed by atoms with van der Waals surface area (Å²) in [5.74, 6) is -1.03. The van der Waals surface area contributed by atoms with Crippen LogP contribution in [0.5, 0.6) is 0 Å². The van der Waals surface area contributed by atoms with Crippen LogP contribution in [0.4, 0.5) is 14.5 Å². The minimum absolute atomic E-state index is 0.352. The highest BCUT2D eigenvalue weighted by Gasteiger charge is 2.16. The SMILES string of the molecule is C[C@@H]1CN(c2cc(F)cc(F)c2)CCN1. The van der Waals surface area contributed by atoms with Crippen molar-refractivity contribution in [2.75, 3.05) is 24.5 Å². The lowest BCUT2D eigenvalue weighted by molar-refractivity contribution is 0.482. The van der Waals surface area contributed by atoms with Crippen LogP contribution < -0.4 is 10.2 Å². The van der Waals surface area contributed by atoms with E-state index < -0.39 is 11.6 Å². The molecule has 1 aliphatic rings. The van der Waals surface area contributed by atoms with Crippen LogP contribution in [-0.4, -0.2) is 25.7 Å². The van der Waals surface area contributed by atoms with Crippen molar-refractivity contribution in [2.24, 2.45) is 0 Å². The van der Waals surface area contributed by atoms with Gasteiger partial charge in [-0.1, -0.05) is 0 Å². The molecule has 0 aliphatic carbocycles. The van der Waals surface area contributed by atoms with Crippen molar-refractivity contribution in [3.05, 3.63) is 29.8 Å². The standard InChI is InChI=1S/C11H14F2N2/c1-8-7-15(3-2-14-8)11-5-9(12)4-10(13)6-11/h4-6,8,14H,2-3,7H2,1H3/t8-/m1/s1.